The molecule has 1 N–H and O–H groups in total. The van der Waals surface area contributed by atoms with Crippen molar-refractivity contribution in [3.05, 3.63) is 33.6 Å². The minimum Gasteiger partial charge on any atom is -0.487 e. The number of nitrogens with one attached hydrogen (secondary N) is 1. The van der Waals surface area contributed by atoms with Crippen LogP contribution in [0.3, 0.4) is 0 Å². The van der Waals surface area contributed by atoms with E-state index in [0.29, 0.717) is 41.0 Å². The second-order valence-corrected chi connectivity index (χ2v) is 11.3. The number of nitrogens with zero attached hydrogens (tertiary/aromatic N) is 3. The van der Waals surface area contributed by atoms with Gasteiger partial charge in [-0.05, 0) is 59.1 Å². The lowest BCUT2D eigenvalue weighted by atomic mass is 9.96. The molecule has 1 saturated heterocycles. The predicted molar refractivity (Wildman–Crippen MR) is 136 cm³/mol. The number of anilines is 1. The molecule has 3 heterocycles. The molecule has 1 aromatic carbocycles. The molecule has 1 saturated carbocycles. The summed E-state index contributed by atoms with van der Waals surface area (Å²) in [5, 5.41) is 13.8. The minimum absolute atomic E-state index is 0.0727. The summed E-state index contributed by atoms with van der Waals surface area (Å²) in [4.78, 5) is 40.2. The maximum atomic E-state index is 13.3. The summed E-state index contributed by atoms with van der Waals surface area (Å²) < 4.78 is 18.1. The Hall–Kier alpha value is -3.74. The molecule has 0 bridgehead atoms. The van der Waals surface area contributed by atoms with E-state index in [9.17, 15) is 19.6 Å². The van der Waals surface area contributed by atoms with Crippen LogP contribution in [0, 0.1) is 17.2 Å². The third kappa shape index (κ3) is 4.26. The normalized spacial score (nSPS) is 21.7. The van der Waals surface area contributed by atoms with Gasteiger partial charge in [-0.25, -0.2) is 9.59 Å². The number of carbonyl (C=O) groups is 2. The summed E-state index contributed by atoms with van der Waals surface area (Å²) in [6, 6.07) is 5.17. The van der Waals surface area contributed by atoms with Crippen LogP contribution in [-0.4, -0.2) is 54.6 Å². The number of methoxy groups -OCH3 is 1. The van der Waals surface area contributed by atoms with E-state index in [-0.39, 0.29) is 29.7 Å². The van der Waals surface area contributed by atoms with Gasteiger partial charge in [0.25, 0.3) is 5.56 Å². The van der Waals surface area contributed by atoms with Gasteiger partial charge in [0.1, 0.15) is 23.8 Å². The van der Waals surface area contributed by atoms with Crippen molar-refractivity contribution in [2.75, 3.05) is 31.7 Å². The third-order valence-electron chi connectivity index (χ3n) is 7.51. The second kappa shape index (κ2) is 8.68. The molecule has 10 nitrogen and oxygen atoms in total. The Morgan fingerprint density at radius 3 is 2.62 bits per heavy atom. The molecule has 3 aliphatic rings. The molecule has 196 valence electrons. The summed E-state index contributed by atoms with van der Waals surface area (Å²) in [7, 11) is 1.23. The van der Waals surface area contributed by atoms with Crippen LogP contribution in [0.4, 0.5) is 10.5 Å². The van der Waals surface area contributed by atoms with Crippen LogP contribution in [-0.2, 0) is 9.47 Å². The molecule has 10 heteroatoms. The number of hydrogen-bond donors (Lipinski definition) is 1. The van der Waals surface area contributed by atoms with E-state index in [2.05, 4.69) is 16.3 Å². The Morgan fingerprint density at radius 2 is 2.00 bits per heavy atom. The van der Waals surface area contributed by atoms with Gasteiger partial charge in [0.15, 0.2) is 5.75 Å². The molecule has 0 spiro atoms. The van der Waals surface area contributed by atoms with Crippen molar-refractivity contribution < 1.29 is 23.8 Å². The zero-order valence-electron chi connectivity index (χ0n) is 21.8. The lowest BCUT2D eigenvalue weighted by Gasteiger charge is -2.32. The zero-order valence-corrected chi connectivity index (χ0v) is 21.8. The number of ether oxygens (including phenoxy) is 3. The van der Waals surface area contributed by atoms with Crippen molar-refractivity contribution in [3.8, 4) is 11.8 Å². The fourth-order valence-electron chi connectivity index (χ4n) is 5.65. The molecule has 2 atom stereocenters. The predicted octanol–water partition coefficient (Wildman–Crippen LogP) is 3.50. The summed E-state index contributed by atoms with van der Waals surface area (Å²) in [5.41, 5.74) is 0.225. The van der Waals surface area contributed by atoms with Gasteiger partial charge in [0.05, 0.1) is 29.9 Å². The van der Waals surface area contributed by atoms with Gasteiger partial charge in [0, 0.05) is 29.9 Å². The van der Waals surface area contributed by atoms with Gasteiger partial charge in [-0.2, -0.15) is 5.26 Å². The van der Waals surface area contributed by atoms with E-state index in [1.165, 1.54) is 13.2 Å². The highest BCUT2D eigenvalue weighted by Gasteiger charge is 2.53. The van der Waals surface area contributed by atoms with Crippen LogP contribution in [0.5, 0.6) is 5.75 Å². The molecule has 5 rings (SSSR count). The Balaban J connectivity index is 1.52. The van der Waals surface area contributed by atoms with E-state index in [0.717, 1.165) is 19.3 Å². The average Bonchev–Trinajstić information content (AvgIpc) is 3.43. The van der Waals surface area contributed by atoms with Crippen molar-refractivity contribution in [1.29, 1.82) is 5.26 Å². The number of rotatable bonds is 4. The molecule has 1 aromatic heterocycles. The fourth-order valence-corrected chi connectivity index (χ4v) is 5.65. The van der Waals surface area contributed by atoms with Crippen LogP contribution < -0.4 is 20.5 Å². The highest BCUT2D eigenvalue weighted by Crippen LogP contribution is 2.49. The maximum Gasteiger partial charge on any atom is 0.408 e. The quantitative estimate of drug-likeness (QED) is 0.623. The van der Waals surface area contributed by atoms with Crippen LogP contribution >= 0.6 is 0 Å². The first kappa shape index (κ1) is 24.9. The Kier molecular flexibility index (Phi) is 5.85. The minimum atomic E-state index is -0.715. The van der Waals surface area contributed by atoms with Gasteiger partial charge < -0.3 is 24.4 Å². The number of esters is 1. The van der Waals surface area contributed by atoms with Crippen LogP contribution in [0.2, 0.25) is 0 Å². The number of alkyl carbamates (subject to hydrolysis) is 1. The number of hydrogen-bond acceptors (Lipinski definition) is 8. The summed E-state index contributed by atoms with van der Waals surface area (Å²) >= 11 is 0. The van der Waals surface area contributed by atoms with Gasteiger partial charge in [-0.3, -0.25) is 9.36 Å². The largest absolute Gasteiger partial charge is 0.487 e. The Labute approximate surface area is 215 Å². The van der Waals surface area contributed by atoms with Crippen LogP contribution in [0.1, 0.15) is 68.9 Å². The standard InChI is InChI=1S/C27H32N4O6/c1-15-14-36-22-20(17(12-28)10-16-11-19(24(33)35-5)23(32)31(15)21(16)22)30-9-6-18(13-30)27(7-8-27)29-25(34)37-26(2,3)4/h10-11,15,18H,6-9,13-14H2,1-5H3,(H,29,34)/t15-,18+/m0/s1. The van der Waals surface area contributed by atoms with Gasteiger partial charge >= 0.3 is 12.1 Å². The molecule has 2 aliphatic heterocycles. The van der Waals surface area contributed by atoms with Crippen LogP contribution in [0.25, 0.3) is 10.9 Å². The molecule has 1 amide bonds. The van der Waals surface area contributed by atoms with Crippen molar-refractivity contribution in [2.24, 2.45) is 5.92 Å². The lowest BCUT2D eigenvalue weighted by molar-refractivity contribution is 0.0476. The highest BCUT2D eigenvalue weighted by molar-refractivity contribution is 5.99. The van der Waals surface area contributed by atoms with E-state index in [1.54, 1.807) is 10.6 Å². The molecule has 2 fully saturated rings. The number of nitriles is 1. The molecule has 2 aromatic rings. The zero-order chi connectivity index (χ0) is 26.7. The Bertz CT molecular complexity index is 1400. The van der Waals surface area contributed by atoms with Crippen molar-refractivity contribution in [3.63, 3.8) is 0 Å². The first-order chi connectivity index (χ1) is 17.5. The van der Waals surface area contributed by atoms with Crippen LogP contribution in [0.15, 0.2) is 16.9 Å². The fraction of sp³-hybridized carbons (Fsp3) is 0.556. The monoisotopic (exact) mass is 508 g/mol. The molecule has 1 aliphatic carbocycles. The van der Waals surface area contributed by atoms with Gasteiger partial charge in [0.2, 0.25) is 0 Å². The number of carbonyl (C=O) groups excluding carboxylic acids is 2. The molecular weight excluding hydrogens is 476 g/mol. The summed E-state index contributed by atoms with van der Waals surface area (Å²) in [5.74, 6) is -0.0554. The number of amides is 1. The molecule has 0 unspecified atom stereocenters. The topological polar surface area (TPSA) is 123 Å². The smallest absolute Gasteiger partial charge is 0.408 e. The third-order valence-corrected chi connectivity index (χ3v) is 7.51. The Morgan fingerprint density at radius 1 is 1.27 bits per heavy atom. The summed E-state index contributed by atoms with van der Waals surface area (Å²) in [6.07, 6.45) is 2.18. The first-order valence-corrected chi connectivity index (χ1v) is 12.6. The molecular formula is C27H32N4O6. The first-order valence-electron chi connectivity index (χ1n) is 12.6. The van der Waals surface area contributed by atoms with Crippen molar-refractivity contribution in [1.82, 2.24) is 9.88 Å². The maximum absolute atomic E-state index is 13.3. The van der Waals surface area contributed by atoms with Gasteiger partial charge in [-0.1, -0.05) is 0 Å². The lowest BCUT2D eigenvalue weighted by Crippen LogP contribution is -2.45. The SMILES string of the molecule is COC(=O)c1cc2cc(C#N)c(N3CC[C@@H](C4(NC(=O)OC(C)(C)C)CC4)C3)c3c2n(c1=O)[C@@H](C)CO3. The average molecular weight is 509 g/mol. The number of pyridine rings is 1. The molecule has 0 radical (unpaired) electrons. The second-order valence-electron chi connectivity index (χ2n) is 11.3. The number of benzene rings is 1. The van der Waals surface area contributed by atoms with E-state index in [1.807, 2.05) is 27.7 Å². The van der Waals surface area contributed by atoms with E-state index < -0.39 is 23.2 Å². The van der Waals surface area contributed by atoms with Crippen molar-refractivity contribution in [2.45, 2.75) is 64.1 Å². The van der Waals surface area contributed by atoms with E-state index in [4.69, 9.17) is 14.2 Å². The highest BCUT2D eigenvalue weighted by atomic mass is 16.6. The van der Waals surface area contributed by atoms with Crippen molar-refractivity contribution >= 4 is 28.7 Å². The number of aromatic nitrogens is 1. The summed E-state index contributed by atoms with van der Waals surface area (Å²) in [6.45, 7) is 8.92. The molecule has 37 heavy (non-hydrogen) atoms. The van der Waals surface area contributed by atoms with Gasteiger partial charge in [-0.15, -0.1) is 0 Å². The van der Waals surface area contributed by atoms with E-state index >= 15 is 0 Å².